The molecule has 0 unspecified atom stereocenters. The van der Waals surface area contributed by atoms with E-state index in [2.05, 4.69) is 10.6 Å². The zero-order valence-electron chi connectivity index (χ0n) is 15.4. The van der Waals surface area contributed by atoms with Crippen LogP contribution in [-0.2, 0) is 21.7 Å². The Morgan fingerprint density at radius 2 is 1.72 bits per heavy atom. The Balaban J connectivity index is 1.62. The van der Waals surface area contributed by atoms with Gasteiger partial charge in [0.2, 0.25) is 5.91 Å². The molecule has 1 saturated heterocycles. The van der Waals surface area contributed by atoms with Gasteiger partial charge in [-0.05, 0) is 42.3 Å². The van der Waals surface area contributed by atoms with Crippen LogP contribution in [0.2, 0.25) is 0 Å². The molecule has 2 aromatic rings. The molecule has 0 saturated carbocycles. The molecule has 3 rings (SSSR count). The van der Waals surface area contributed by atoms with Crippen molar-refractivity contribution in [1.82, 2.24) is 15.5 Å². The van der Waals surface area contributed by atoms with Crippen LogP contribution in [0, 0.1) is 5.82 Å². The molecular weight excluding hydrogens is 381 g/mol. The number of carboxylic acid groups (broad SMARTS) is 1. The Kier molecular flexibility index (Phi) is 5.31. The Hall–Kier alpha value is -3.75. The second kappa shape index (κ2) is 7.70. The number of hydrogen-bond donors (Lipinski definition) is 3. The van der Waals surface area contributed by atoms with Crippen molar-refractivity contribution in [3.63, 3.8) is 0 Å². The third-order valence-corrected chi connectivity index (χ3v) is 4.69. The second-order valence-electron chi connectivity index (χ2n) is 6.73. The van der Waals surface area contributed by atoms with Crippen molar-refractivity contribution >= 4 is 23.8 Å². The number of amides is 4. The van der Waals surface area contributed by atoms with Gasteiger partial charge >= 0.3 is 12.0 Å². The summed E-state index contributed by atoms with van der Waals surface area (Å²) in [6.45, 7) is 1.12. The van der Waals surface area contributed by atoms with Crippen LogP contribution in [0.4, 0.5) is 9.18 Å². The first-order chi connectivity index (χ1) is 13.7. The lowest BCUT2D eigenvalue weighted by Gasteiger charge is -2.22. The summed E-state index contributed by atoms with van der Waals surface area (Å²) in [6.07, 6.45) is 0. The fourth-order valence-electron chi connectivity index (χ4n) is 2.98. The van der Waals surface area contributed by atoms with E-state index in [1.54, 1.807) is 12.1 Å². The second-order valence-corrected chi connectivity index (χ2v) is 6.73. The highest BCUT2D eigenvalue weighted by atomic mass is 19.1. The molecule has 29 heavy (non-hydrogen) atoms. The monoisotopic (exact) mass is 399 g/mol. The predicted molar refractivity (Wildman–Crippen MR) is 99.2 cm³/mol. The van der Waals surface area contributed by atoms with Gasteiger partial charge in [0, 0.05) is 6.54 Å². The van der Waals surface area contributed by atoms with Crippen LogP contribution in [0.25, 0.3) is 0 Å². The van der Waals surface area contributed by atoms with E-state index in [-0.39, 0.29) is 12.1 Å². The number of carboxylic acids is 1. The van der Waals surface area contributed by atoms with Crippen molar-refractivity contribution in [2.24, 2.45) is 0 Å². The highest BCUT2D eigenvalue weighted by Crippen LogP contribution is 2.28. The molecule has 3 N–H and O–H groups in total. The van der Waals surface area contributed by atoms with E-state index in [9.17, 15) is 23.6 Å². The van der Waals surface area contributed by atoms with Gasteiger partial charge in [0.15, 0.2) is 0 Å². The van der Waals surface area contributed by atoms with Gasteiger partial charge in [-0.3, -0.25) is 14.5 Å². The van der Waals surface area contributed by atoms with E-state index >= 15 is 0 Å². The standard InChI is InChI=1S/C20H18FN3O5/c1-20(14-6-8-15(21)9-7-14)18(28)24(19(29)23-20)11-16(25)22-10-12-2-4-13(5-3-12)17(26)27/h2-9H,10-11H2,1H3,(H,22,25)(H,23,29)(H,26,27)/t20-/m1/s1. The van der Waals surface area contributed by atoms with E-state index in [1.165, 1.54) is 43.3 Å². The van der Waals surface area contributed by atoms with Gasteiger partial charge in [-0.1, -0.05) is 24.3 Å². The van der Waals surface area contributed by atoms with Gasteiger partial charge in [-0.2, -0.15) is 0 Å². The minimum absolute atomic E-state index is 0.109. The van der Waals surface area contributed by atoms with Gasteiger partial charge in [0.25, 0.3) is 5.91 Å². The number of hydrogen-bond acceptors (Lipinski definition) is 4. The molecule has 1 aliphatic heterocycles. The number of imide groups is 1. The molecule has 2 aromatic carbocycles. The van der Waals surface area contributed by atoms with E-state index < -0.39 is 41.7 Å². The summed E-state index contributed by atoms with van der Waals surface area (Å²) < 4.78 is 13.1. The van der Waals surface area contributed by atoms with Gasteiger partial charge in [-0.15, -0.1) is 0 Å². The molecule has 150 valence electrons. The topological polar surface area (TPSA) is 116 Å². The molecule has 8 nitrogen and oxygen atoms in total. The zero-order chi connectivity index (χ0) is 21.2. The third kappa shape index (κ3) is 4.08. The minimum Gasteiger partial charge on any atom is -0.478 e. The van der Waals surface area contributed by atoms with Crippen molar-refractivity contribution < 1.29 is 28.7 Å². The van der Waals surface area contributed by atoms with E-state index in [1.807, 2.05) is 0 Å². The number of carbonyl (C=O) groups is 4. The van der Waals surface area contributed by atoms with Crippen LogP contribution in [-0.4, -0.2) is 40.4 Å². The fraction of sp³-hybridized carbons (Fsp3) is 0.200. The maximum Gasteiger partial charge on any atom is 0.335 e. The van der Waals surface area contributed by atoms with Gasteiger partial charge < -0.3 is 15.7 Å². The maximum atomic E-state index is 13.1. The Morgan fingerprint density at radius 1 is 1.10 bits per heavy atom. The number of rotatable bonds is 6. The molecule has 4 amide bonds. The van der Waals surface area contributed by atoms with Crippen molar-refractivity contribution in [3.05, 3.63) is 71.0 Å². The summed E-state index contributed by atoms with van der Waals surface area (Å²) in [5.41, 5.74) is -0.201. The summed E-state index contributed by atoms with van der Waals surface area (Å²) in [7, 11) is 0. The molecular formula is C20H18FN3O5. The largest absolute Gasteiger partial charge is 0.478 e. The highest BCUT2D eigenvalue weighted by Gasteiger charge is 2.49. The highest BCUT2D eigenvalue weighted by molar-refractivity contribution is 6.09. The molecule has 1 heterocycles. The predicted octanol–water partition coefficient (Wildman–Crippen LogP) is 1.61. The fourth-order valence-corrected chi connectivity index (χ4v) is 2.98. The van der Waals surface area contributed by atoms with Crippen LogP contribution in [0.5, 0.6) is 0 Å². The number of benzene rings is 2. The van der Waals surface area contributed by atoms with Crippen LogP contribution >= 0.6 is 0 Å². The molecule has 1 atom stereocenters. The number of carbonyl (C=O) groups excluding carboxylic acids is 3. The Morgan fingerprint density at radius 3 is 2.31 bits per heavy atom. The van der Waals surface area contributed by atoms with Crippen LogP contribution in [0.1, 0.15) is 28.4 Å². The van der Waals surface area contributed by atoms with E-state index in [4.69, 9.17) is 5.11 Å². The molecule has 0 radical (unpaired) electrons. The summed E-state index contributed by atoms with van der Waals surface area (Å²) >= 11 is 0. The normalized spacial score (nSPS) is 18.5. The summed E-state index contributed by atoms with van der Waals surface area (Å²) in [4.78, 5) is 48.8. The minimum atomic E-state index is -1.39. The lowest BCUT2D eigenvalue weighted by atomic mass is 9.92. The summed E-state index contributed by atoms with van der Waals surface area (Å²) in [5.74, 6) is -2.70. The quantitative estimate of drug-likeness (QED) is 0.638. The molecule has 1 aliphatic rings. The number of aromatic carboxylic acids is 1. The van der Waals surface area contributed by atoms with Crippen molar-refractivity contribution in [1.29, 1.82) is 0 Å². The number of urea groups is 1. The lowest BCUT2D eigenvalue weighted by molar-refractivity contribution is -0.134. The smallest absolute Gasteiger partial charge is 0.335 e. The number of nitrogens with one attached hydrogen (secondary N) is 2. The van der Waals surface area contributed by atoms with Crippen LogP contribution < -0.4 is 10.6 Å². The van der Waals surface area contributed by atoms with Crippen molar-refractivity contribution in [3.8, 4) is 0 Å². The van der Waals surface area contributed by atoms with E-state index in [0.29, 0.717) is 11.1 Å². The first-order valence-electron chi connectivity index (χ1n) is 8.70. The first kappa shape index (κ1) is 20.0. The SMILES string of the molecule is C[C@]1(c2ccc(F)cc2)NC(=O)N(CC(=O)NCc2ccc(C(=O)O)cc2)C1=O. The van der Waals surface area contributed by atoms with Gasteiger partial charge in [0.1, 0.15) is 17.9 Å². The lowest BCUT2D eigenvalue weighted by Crippen LogP contribution is -2.43. The van der Waals surface area contributed by atoms with E-state index in [0.717, 1.165) is 4.90 Å². The summed E-state index contributed by atoms with van der Waals surface area (Å²) in [5, 5.41) is 14.0. The molecule has 0 aliphatic carbocycles. The molecule has 0 spiro atoms. The molecule has 1 fully saturated rings. The molecule has 0 bridgehead atoms. The Labute approximate surface area is 165 Å². The maximum absolute atomic E-state index is 13.1. The van der Waals surface area contributed by atoms with Crippen LogP contribution in [0.3, 0.4) is 0 Å². The first-order valence-corrected chi connectivity index (χ1v) is 8.70. The number of halogens is 1. The van der Waals surface area contributed by atoms with Crippen molar-refractivity contribution in [2.45, 2.75) is 19.0 Å². The molecule has 9 heteroatoms. The van der Waals surface area contributed by atoms with Gasteiger partial charge in [0.05, 0.1) is 5.56 Å². The average Bonchev–Trinajstić information content (AvgIpc) is 2.91. The van der Waals surface area contributed by atoms with Gasteiger partial charge in [-0.25, -0.2) is 14.0 Å². The summed E-state index contributed by atoms with van der Waals surface area (Å²) in [6, 6.07) is 10.4. The number of nitrogens with zero attached hydrogens (tertiary/aromatic N) is 1. The Bertz CT molecular complexity index is 975. The third-order valence-electron chi connectivity index (χ3n) is 4.69. The van der Waals surface area contributed by atoms with Crippen LogP contribution in [0.15, 0.2) is 48.5 Å². The zero-order valence-corrected chi connectivity index (χ0v) is 15.4. The van der Waals surface area contributed by atoms with Crippen molar-refractivity contribution in [2.75, 3.05) is 6.54 Å². The average molecular weight is 399 g/mol. The molecule has 0 aromatic heterocycles.